The highest BCUT2D eigenvalue weighted by molar-refractivity contribution is 7.89. The van der Waals surface area contributed by atoms with Gasteiger partial charge in [-0.05, 0) is 54.1 Å². The van der Waals surface area contributed by atoms with E-state index in [0.717, 1.165) is 6.07 Å². The molecule has 0 atom stereocenters. The second kappa shape index (κ2) is 8.80. The number of ether oxygens (including phenoxy) is 1. The van der Waals surface area contributed by atoms with Crippen molar-refractivity contribution >= 4 is 33.2 Å². The van der Waals surface area contributed by atoms with Gasteiger partial charge in [0.2, 0.25) is 10.0 Å². The van der Waals surface area contributed by atoms with E-state index in [1.165, 1.54) is 36.4 Å². The van der Waals surface area contributed by atoms with Crippen molar-refractivity contribution < 1.29 is 17.5 Å². The normalized spacial score (nSPS) is 11.1. The molecule has 148 valence electrons. The van der Waals surface area contributed by atoms with Crippen LogP contribution in [0.3, 0.4) is 0 Å². The minimum Gasteiger partial charge on any atom is -0.456 e. The summed E-state index contributed by atoms with van der Waals surface area (Å²) < 4.78 is 46.1. The molecule has 0 heterocycles. The van der Waals surface area contributed by atoms with Gasteiger partial charge < -0.3 is 4.74 Å². The Morgan fingerprint density at radius 3 is 2.41 bits per heavy atom. The van der Waals surface area contributed by atoms with E-state index in [1.807, 2.05) is 6.07 Å². The third kappa shape index (κ3) is 5.05. The summed E-state index contributed by atoms with van der Waals surface area (Å²) in [7, 11) is -3.83. The van der Waals surface area contributed by atoms with Crippen LogP contribution in [-0.2, 0) is 16.6 Å². The molecule has 0 aliphatic heterocycles. The highest BCUT2D eigenvalue weighted by atomic mass is 35.5. The van der Waals surface area contributed by atoms with Gasteiger partial charge in [-0.3, -0.25) is 0 Å². The van der Waals surface area contributed by atoms with Gasteiger partial charge in [-0.25, -0.2) is 17.5 Å². The van der Waals surface area contributed by atoms with Crippen LogP contribution in [0.25, 0.3) is 0 Å². The fraction of sp³-hybridized carbons (Fsp3) is 0.0500. The number of nitrogens with zero attached hydrogens (tertiary/aromatic N) is 1. The Kier molecular flexibility index (Phi) is 6.40. The smallest absolute Gasteiger partial charge is 0.240 e. The zero-order valence-corrected chi connectivity index (χ0v) is 17.0. The van der Waals surface area contributed by atoms with Gasteiger partial charge in [0.1, 0.15) is 28.9 Å². The topological polar surface area (TPSA) is 79.2 Å². The Balaban J connectivity index is 1.74. The summed E-state index contributed by atoms with van der Waals surface area (Å²) in [6.45, 7) is -0.0895. The monoisotopic (exact) mass is 450 g/mol. The lowest BCUT2D eigenvalue weighted by Crippen LogP contribution is -2.23. The molecule has 9 heteroatoms. The van der Waals surface area contributed by atoms with E-state index in [0.29, 0.717) is 11.3 Å². The third-order valence-electron chi connectivity index (χ3n) is 3.92. The molecule has 0 aliphatic carbocycles. The van der Waals surface area contributed by atoms with Gasteiger partial charge >= 0.3 is 0 Å². The molecule has 3 aromatic rings. The molecule has 3 aromatic carbocycles. The first-order valence-electron chi connectivity index (χ1n) is 8.20. The maximum atomic E-state index is 13.1. The van der Waals surface area contributed by atoms with Crippen molar-refractivity contribution in [3.8, 4) is 17.6 Å². The number of rotatable bonds is 6. The second-order valence-corrected chi connectivity index (χ2v) is 8.44. The first-order valence-corrected chi connectivity index (χ1v) is 10.4. The Hall–Kier alpha value is -2.63. The van der Waals surface area contributed by atoms with Crippen molar-refractivity contribution in [2.75, 3.05) is 0 Å². The number of nitrogens with one attached hydrogen (secondary N) is 1. The van der Waals surface area contributed by atoms with E-state index in [4.69, 9.17) is 27.9 Å². The molecule has 0 fully saturated rings. The molecule has 0 saturated carbocycles. The van der Waals surface area contributed by atoms with Gasteiger partial charge in [0.15, 0.2) is 0 Å². The largest absolute Gasteiger partial charge is 0.456 e. The van der Waals surface area contributed by atoms with Gasteiger partial charge in [-0.1, -0.05) is 35.3 Å². The van der Waals surface area contributed by atoms with Gasteiger partial charge in [-0.15, -0.1) is 0 Å². The lowest BCUT2D eigenvalue weighted by molar-refractivity contribution is 0.480. The van der Waals surface area contributed by atoms with Crippen molar-refractivity contribution in [3.05, 3.63) is 87.7 Å². The molecular formula is C20H13Cl2FN2O3S. The third-order valence-corrected chi connectivity index (χ3v) is 6.00. The van der Waals surface area contributed by atoms with E-state index in [9.17, 15) is 18.1 Å². The van der Waals surface area contributed by atoms with Crippen molar-refractivity contribution in [3.63, 3.8) is 0 Å². The van der Waals surface area contributed by atoms with Gasteiger partial charge in [0.05, 0.1) is 9.92 Å². The number of sulfonamides is 1. The predicted octanol–water partition coefficient (Wildman–Crippen LogP) is 5.27. The maximum absolute atomic E-state index is 13.1. The van der Waals surface area contributed by atoms with Crippen molar-refractivity contribution in [1.82, 2.24) is 4.72 Å². The van der Waals surface area contributed by atoms with E-state index in [1.54, 1.807) is 18.2 Å². The zero-order chi connectivity index (χ0) is 21.0. The molecule has 0 saturated heterocycles. The fourth-order valence-electron chi connectivity index (χ4n) is 2.43. The Bertz CT molecular complexity index is 1190. The van der Waals surface area contributed by atoms with E-state index in [2.05, 4.69) is 4.72 Å². The van der Waals surface area contributed by atoms with Crippen LogP contribution < -0.4 is 9.46 Å². The summed E-state index contributed by atoms with van der Waals surface area (Å²) in [5, 5.41) is 9.57. The van der Waals surface area contributed by atoms with E-state index in [-0.39, 0.29) is 32.8 Å². The molecule has 1 N–H and O–H groups in total. The Labute approximate surface area is 177 Å². The lowest BCUT2D eigenvalue weighted by Gasteiger charge is -2.10. The van der Waals surface area contributed by atoms with Crippen molar-refractivity contribution in [2.24, 2.45) is 0 Å². The summed E-state index contributed by atoms with van der Waals surface area (Å²) >= 11 is 11.9. The molecule has 0 spiro atoms. The second-order valence-electron chi connectivity index (χ2n) is 5.86. The summed E-state index contributed by atoms with van der Waals surface area (Å²) in [5.41, 5.74) is 0.630. The molecule has 0 amide bonds. The number of nitriles is 1. The maximum Gasteiger partial charge on any atom is 0.240 e. The van der Waals surface area contributed by atoms with Crippen molar-refractivity contribution in [1.29, 1.82) is 5.26 Å². The molecule has 29 heavy (non-hydrogen) atoms. The molecule has 0 aliphatic rings. The Morgan fingerprint density at radius 2 is 1.76 bits per heavy atom. The zero-order valence-electron chi connectivity index (χ0n) is 14.7. The van der Waals surface area contributed by atoms with Crippen LogP contribution >= 0.6 is 23.2 Å². The predicted molar refractivity (Wildman–Crippen MR) is 108 cm³/mol. The van der Waals surface area contributed by atoms with E-state index < -0.39 is 15.8 Å². The van der Waals surface area contributed by atoms with Gasteiger partial charge in [0, 0.05) is 11.6 Å². The fourth-order valence-corrected chi connectivity index (χ4v) is 3.88. The summed E-state index contributed by atoms with van der Waals surface area (Å²) in [6, 6.07) is 16.1. The number of hydrogen-bond acceptors (Lipinski definition) is 4. The number of hydrogen-bond donors (Lipinski definition) is 1. The quantitative estimate of drug-likeness (QED) is 0.554. The summed E-state index contributed by atoms with van der Waals surface area (Å²) in [6.07, 6.45) is 0. The summed E-state index contributed by atoms with van der Waals surface area (Å²) in [5.74, 6) is 0.0976. The van der Waals surface area contributed by atoms with Crippen LogP contribution in [0, 0.1) is 17.1 Å². The van der Waals surface area contributed by atoms with Crippen LogP contribution in [0.5, 0.6) is 11.5 Å². The molecule has 0 bridgehead atoms. The standard InChI is InChI=1S/C20H13Cl2FN2O3S/c21-18-2-1-3-20(17(18)11-24)28-15-6-8-16(9-7-15)29(26,27)25-12-13-4-5-14(23)10-19(13)22/h1-10,25H,12H2. The van der Waals surface area contributed by atoms with Crippen LogP contribution in [0.2, 0.25) is 10.0 Å². The molecule has 0 radical (unpaired) electrons. The lowest BCUT2D eigenvalue weighted by atomic mass is 10.2. The average molecular weight is 451 g/mol. The van der Waals surface area contributed by atoms with Gasteiger partial charge in [0.25, 0.3) is 0 Å². The van der Waals surface area contributed by atoms with Crippen molar-refractivity contribution in [2.45, 2.75) is 11.4 Å². The van der Waals surface area contributed by atoms with Gasteiger partial charge in [-0.2, -0.15) is 5.26 Å². The SMILES string of the molecule is N#Cc1c(Cl)cccc1Oc1ccc(S(=O)(=O)NCc2ccc(F)cc2Cl)cc1. The van der Waals surface area contributed by atoms with Crippen LogP contribution in [0.1, 0.15) is 11.1 Å². The number of benzene rings is 3. The van der Waals surface area contributed by atoms with E-state index >= 15 is 0 Å². The first-order chi connectivity index (χ1) is 13.8. The van der Waals surface area contributed by atoms with Crippen LogP contribution in [0.4, 0.5) is 4.39 Å². The van der Waals surface area contributed by atoms with Crippen LogP contribution in [0.15, 0.2) is 65.6 Å². The summed E-state index contributed by atoms with van der Waals surface area (Å²) in [4.78, 5) is 0.00897. The minimum atomic E-state index is -3.83. The highest BCUT2D eigenvalue weighted by Gasteiger charge is 2.15. The molecule has 3 rings (SSSR count). The van der Waals surface area contributed by atoms with Crippen LogP contribution in [-0.4, -0.2) is 8.42 Å². The molecule has 0 aromatic heterocycles. The molecule has 5 nitrogen and oxygen atoms in total. The highest BCUT2D eigenvalue weighted by Crippen LogP contribution is 2.30. The molecular weight excluding hydrogens is 438 g/mol. The number of halogens is 3. The first kappa shape index (κ1) is 21.1. The molecule has 0 unspecified atom stereocenters. The minimum absolute atomic E-state index is 0.00897. The Morgan fingerprint density at radius 1 is 1.03 bits per heavy atom. The average Bonchev–Trinajstić information content (AvgIpc) is 2.68.